The molecular formula is C12H22N2O. The van der Waals surface area contributed by atoms with Crippen molar-refractivity contribution in [2.75, 3.05) is 0 Å². The normalized spacial score (nSPS) is 13.1. The Bertz CT molecular complexity index is 283. The zero-order valence-electron chi connectivity index (χ0n) is 10.4. The van der Waals surface area contributed by atoms with Gasteiger partial charge in [-0.25, -0.2) is 0 Å². The highest BCUT2D eigenvalue weighted by Gasteiger charge is 2.24. The first-order valence-corrected chi connectivity index (χ1v) is 5.42. The number of hydrogen-bond acceptors (Lipinski definition) is 3. The lowest BCUT2D eigenvalue weighted by molar-refractivity contribution is 0.240. The van der Waals surface area contributed by atoms with Gasteiger partial charge in [0, 0.05) is 17.6 Å². The van der Waals surface area contributed by atoms with Crippen LogP contribution in [0, 0.1) is 5.41 Å². The minimum atomic E-state index is 0.134. The average Bonchev–Trinajstić information content (AvgIpc) is 2.47. The summed E-state index contributed by atoms with van der Waals surface area (Å²) in [5, 5.41) is 7.20. The molecule has 3 nitrogen and oxygen atoms in total. The summed E-state index contributed by atoms with van der Waals surface area (Å²) in [6.07, 6.45) is 4.56. The Labute approximate surface area is 92.2 Å². The van der Waals surface area contributed by atoms with Crippen molar-refractivity contribution in [1.29, 1.82) is 0 Å². The molecule has 0 aromatic carbocycles. The highest BCUT2D eigenvalue weighted by atomic mass is 16.5. The van der Waals surface area contributed by atoms with Gasteiger partial charge in [0.15, 0.2) is 0 Å². The predicted molar refractivity (Wildman–Crippen MR) is 61.5 cm³/mol. The molecule has 3 heteroatoms. The van der Waals surface area contributed by atoms with Gasteiger partial charge in [-0.15, -0.1) is 0 Å². The van der Waals surface area contributed by atoms with Gasteiger partial charge in [-0.1, -0.05) is 25.9 Å². The highest BCUT2D eigenvalue weighted by Crippen LogP contribution is 2.26. The van der Waals surface area contributed by atoms with Crippen molar-refractivity contribution < 1.29 is 4.52 Å². The summed E-state index contributed by atoms with van der Waals surface area (Å²) in [5.74, 6) is 0. The molecule has 1 aromatic heterocycles. The molecule has 1 rings (SSSR count). The van der Waals surface area contributed by atoms with E-state index in [1.165, 1.54) is 0 Å². The Balaban J connectivity index is 2.43. The van der Waals surface area contributed by atoms with E-state index < -0.39 is 0 Å². The second kappa shape index (κ2) is 4.35. The highest BCUT2D eigenvalue weighted by molar-refractivity contribution is 5.00. The third kappa shape index (κ3) is 4.98. The first-order valence-electron chi connectivity index (χ1n) is 5.42. The lowest BCUT2D eigenvalue weighted by Gasteiger charge is -2.33. The van der Waals surface area contributed by atoms with Gasteiger partial charge in [-0.2, -0.15) is 0 Å². The molecule has 0 atom stereocenters. The van der Waals surface area contributed by atoms with Crippen molar-refractivity contribution >= 4 is 0 Å². The van der Waals surface area contributed by atoms with Crippen molar-refractivity contribution in [3.8, 4) is 0 Å². The molecule has 0 saturated carbocycles. The van der Waals surface area contributed by atoms with Gasteiger partial charge in [0.05, 0.1) is 6.20 Å². The van der Waals surface area contributed by atoms with E-state index in [2.05, 4.69) is 45.1 Å². The quantitative estimate of drug-likeness (QED) is 0.830. The van der Waals surface area contributed by atoms with Crippen molar-refractivity contribution in [2.24, 2.45) is 5.41 Å². The first-order chi connectivity index (χ1) is 6.79. The minimum absolute atomic E-state index is 0.134. The van der Waals surface area contributed by atoms with Gasteiger partial charge in [0.1, 0.15) is 6.26 Å². The van der Waals surface area contributed by atoms with Gasteiger partial charge in [0.25, 0.3) is 0 Å². The van der Waals surface area contributed by atoms with Crippen LogP contribution in [0.25, 0.3) is 0 Å². The fraction of sp³-hybridized carbons (Fsp3) is 0.750. The molecule has 0 spiro atoms. The Morgan fingerprint density at radius 1 is 1.27 bits per heavy atom. The van der Waals surface area contributed by atoms with Crippen LogP contribution < -0.4 is 5.32 Å². The summed E-state index contributed by atoms with van der Waals surface area (Å²) in [5.41, 5.74) is 1.57. The first kappa shape index (κ1) is 12.2. The van der Waals surface area contributed by atoms with Gasteiger partial charge in [-0.05, 0) is 25.7 Å². The number of nitrogens with zero attached hydrogens (tertiary/aromatic N) is 1. The lowest BCUT2D eigenvalue weighted by Crippen LogP contribution is -2.41. The molecular weight excluding hydrogens is 188 g/mol. The van der Waals surface area contributed by atoms with Gasteiger partial charge in [-0.3, -0.25) is 0 Å². The summed E-state index contributed by atoms with van der Waals surface area (Å²) in [6, 6.07) is 0. The molecule has 0 aliphatic carbocycles. The Kier molecular flexibility index (Phi) is 3.55. The van der Waals surface area contributed by atoms with Crippen LogP contribution in [0.5, 0.6) is 0 Å². The van der Waals surface area contributed by atoms with E-state index in [0.29, 0.717) is 5.41 Å². The van der Waals surface area contributed by atoms with Crippen molar-refractivity contribution in [3.05, 3.63) is 18.0 Å². The monoisotopic (exact) mass is 210 g/mol. The number of aromatic nitrogens is 1. The number of hydrogen-bond donors (Lipinski definition) is 1. The summed E-state index contributed by atoms with van der Waals surface area (Å²) in [4.78, 5) is 0. The van der Waals surface area contributed by atoms with Crippen LogP contribution in [0.4, 0.5) is 0 Å². The molecule has 15 heavy (non-hydrogen) atoms. The second-order valence-electron chi connectivity index (χ2n) is 6.01. The van der Waals surface area contributed by atoms with E-state index in [0.717, 1.165) is 18.5 Å². The van der Waals surface area contributed by atoms with Crippen LogP contribution in [0.15, 0.2) is 17.0 Å². The van der Waals surface area contributed by atoms with E-state index >= 15 is 0 Å². The molecule has 0 aliphatic heterocycles. The zero-order chi connectivity index (χ0) is 11.5. The van der Waals surface area contributed by atoms with Gasteiger partial charge >= 0.3 is 0 Å². The SMILES string of the molecule is CC(C)(C)CC(C)(C)NCc1cnoc1. The van der Waals surface area contributed by atoms with Gasteiger partial charge < -0.3 is 9.84 Å². The Hall–Kier alpha value is -0.830. The van der Waals surface area contributed by atoms with Crippen molar-refractivity contribution in [2.45, 2.75) is 53.1 Å². The van der Waals surface area contributed by atoms with Crippen LogP contribution >= 0.6 is 0 Å². The average molecular weight is 210 g/mol. The maximum Gasteiger partial charge on any atom is 0.128 e. The summed E-state index contributed by atoms with van der Waals surface area (Å²) in [7, 11) is 0. The van der Waals surface area contributed by atoms with Crippen LogP contribution in [0.2, 0.25) is 0 Å². The van der Waals surface area contributed by atoms with Crippen LogP contribution in [0.1, 0.15) is 46.6 Å². The molecule has 86 valence electrons. The molecule has 1 heterocycles. The molecule has 0 aliphatic rings. The fourth-order valence-electron chi connectivity index (χ4n) is 2.04. The van der Waals surface area contributed by atoms with Crippen molar-refractivity contribution in [1.82, 2.24) is 10.5 Å². The van der Waals surface area contributed by atoms with E-state index in [1.54, 1.807) is 12.5 Å². The Morgan fingerprint density at radius 2 is 1.93 bits per heavy atom. The standard InChI is InChI=1S/C12H22N2O/c1-11(2,3)9-12(4,5)13-6-10-7-14-15-8-10/h7-8,13H,6,9H2,1-5H3. The van der Waals surface area contributed by atoms with Gasteiger partial charge in [0.2, 0.25) is 0 Å². The van der Waals surface area contributed by atoms with Crippen LogP contribution in [-0.4, -0.2) is 10.7 Å². The zero-order valence-corrected chi connectivity index (χ0v) is 10.4. The second-order valence-corrected chi connectivity index (χ2v) is 6.01. The minimum Gasteiger partial charge on any atom is -0.364 e. The van der Waals surface area contributed by atoms with E-state index in [1.807, 2.05) is 0 Å². The topological polar surface area (TPSA) is 38.1 Å². The van der Waals surface area contributed by atoms with E-state index in [4.69, 9.17) is 4.52 Å². The molecule has 0 unspecified atom stereocenters. The molecule has 0 bridgehead atoms. The lowest BCUT2D eigenvalue weighted by atomic mass is 9.82. The summed E-state index contributed by atoms with van der Waals surface area (Å²) in [6.45, 7) is 12.0. The molecule has 0 fully saturated rings. The molecule has 1 N–H and O–H groups in total. The number of nitrogens with one attached hydrogen (secondary N) is 1. The smallest absolute Gasteiger partial charge is 0.128 e. The number of rotatable bonds is 4. The maximum absolute atomic E-state index is 4.79. The van der Waals surface area contributed by atoms with Crippen LogP contribution in [0.3, 0.4) is 0 Å². The maximum atomic E-state index is 4.79. The summed E-state index contributed by atoms with van der Waals surface area (Å²) >= 11 is 0. The van der Waals surface area contributed by atoms with E-state index in [-0.39, 0.29) is 5.54 Å². The molecule has 0 saturated heterocycles. The Morgan fingerprint density at radius 3 is 2.40 bits per heavy atom. The third-order valence-corrected chi connectivity index (χ3v) is 2.23. The van der Waals surface area contributed by atoms with Crippen LogP contribution in [-0.2, 0) is 6.54 Å². The molecule has 0 amide bonds. The predicted octanol–water partition coefficient (Wildman–Crippen LogP) is 2.98. The van der Waals surface area contributed by atoms with E-state index in [9.17, 15) is 0 Å². The van der Waals surface area contributed by atoms with Crippen molar-refractivity contribution in [3.63, 3.8) is 0 Å². The summed E-state index contributed by atoms with van der Waals surface area (Å²) < 4.78 is 4.79. The largest absolute Gasteiger partial charge is 0.364 e. The fourth-order valence-corrected chi connectivity index (χ4v) is 2.04. The molecule has 0 radical (unpaired) electrons. The molecule has 1 aromatic rings. The third-order valence-electron chi connectivity index (χ3n) is 2.23.